The van der Waals surface area contributed by atoms with Gasteiger partial charge in [0.25, 0.3) is 0 Å². The maximum atomic E-state index is 8.53. The molecule has 8 heterocycles. The van der Waals surface area contributed by atoms with E-state index in [1.54, 1.807) is 23.7 Å². The number of aryl methyl sites for hydroxylation is 9. The van der Waals surface area contributed by atoms with Crippen LogP contribution in [-0.2, 0) is 41.6 Å². The van der Waals surface area contributed by atoms with Crippen molar-refractivity contribution in [3.63, 3.8) is 0 Å². The van der Waals surface area contributed by atoms with Gasteiger partial charge in [-0.05, 0) is 186 Å². The van der Waals surface area contributed by atoms with Gasteiger partial charge in [-0.1, -0.05) is 234 Å². The third kappa shape index (κ3) is 20.1. The SMILES string of the molecule is Cc1ccc(-c2cccnc2)cc1-c1c2ccc([Si](C)(C)C)cc2cc(C)[n+]1C.Cc1ccncc1-c1c2ccc([Si](C)(C)C)cc2cc(C)[n+]1C.Cc1cnccc1-c1c2ccc([Si](C)(C)C)cc2cc(C)[n+]1C.[2H]c1cc([2H])c(C)c(-c2c3ccc([Si](C)(C)C)cc3cc(C)[n+]2C)c1.[2H]c1cc2cc([Si](C)(C)C)ccc2c(-c2cc(C([2H])([2H])[2H])cc(C([2H])([2H])C)c2C)[n+]1C. The van der Waals surface area contributed by atoms with Gasteiger partial charge < -0.3 is 0 Å². The molecule has 0 aliphatic heterocycles. The van der Waals surface area contributed by atoms with E-state index in [1.807, 2.05) is 69.2 Å². The van der Waals surface area contributed by atoms with Gasteiger partial charge in [0.2, 0.25) is 28.5 Å². The number of hydrogen-bond donors (Lipinski definition) is 0. The molecule has 0 unspecified atom stereocenters. The van der Waals surface area contributed by atoms with Gasteiger partial charge in [-0.25, -0.2) is 4.57 Å². The Morgan fingerprint density at radius 3 is 1.14 bits per heavy atom. The van der Waals surface area contributed by atoms with E-state index >= 15 is 0 Å². The molecule has 16 aromatic rings. The van der Waals surface area contributed by atoms with Crippen LogP contribution in [0, 0.1) is 69.2 Å². The summed E-state index contributed by atoms with van der Waals surface area (Å²) < 4.78 is 75.9. The Morgan fingerprint density at radius 1 is 0.325 bits per heavy atom. The highest BCUT2D eigenvalue weighted by Gasteiger charge is 2.30. The summed E-state index contributed by atoms with van der Waals surface area (Å²) in [7, 11) is 3.43. The first-order valence-corrected chi connectivity index (χ1v) is 60.7. The monoisotopic (exact) mass is 1720 g/mol. The molecule has 8 aromatic heterocycles. The topological polar surface area (TPSA) is 58.1 Å². The fourth-order valence-electron chi connectivity index (χ4n) is 16.5. The largest absolute Gasteiger partial charge is 0.264 e. The number of pyridine rings is 8. The van der Waals surface area contributed by atoms with Crippen LogP contribution in [0.4, 0.5) is 0 Å². The standard InChI is InChI=1S/C26H29N2Si.C23H30NSi.C21H26NSi.2C20H25N2Si/c1-18-9-10-20(21-8-7-13-27-17-21)16-25(18)26-24-12-11-23(29(4,5)6)15-22(24)14-19(2)28(26)3;1-8-18-13-16(2)14-22(17(18)3)23-21-10-9-20(25(5,6)7)15-19(21)11-12-24(23)4;1-15-9-7-8-10-19(15)21-20-12-11-18(23(4,5)6)14-17(20)13-16(2)22(21)3;1-14-13-21-10-9-18(14)20-19-8-7-17(23(4,5)6)12-16(19)11-15(2)22(20)3;1-14-9-10-21-13-19(14)20-18-8-7-17(23(4,5)6)12-16(18)11-15(2)22(20)3/h7-17H,1-6H3;9-15H,8H2,1-7H3;7-14H,1-6H3;2*7-13H,1-6H3/q5*+1/i;2D3,8D2,12D;8D,9D;;. The lowest BCUT2D eigenvalue weighted by Gasteiger charge is -2.18. The zero-order chi connectivity index (χ0) is 96.3. The summed E-state index contributed by atoms with van der Waals surface area (Å²) in [4.78, 5) is 12.9. The fraction of sp³-hybridized carbons (Fsp3) is 0.291. The molecule has 8 nitrogen and oxygen atoms in total. The zero-order valence-electron chi connectivity index (χ0n) is 86.9. The van der Waals surface area contributed by atoms with Gasteiger partial charge in [-0.3, -0.25) is 15.0 Å². The first-order chi connectivity index (χ1) is 60.9. The molecule has 0 N–H and O–H groups in total. The van der Waals surface area contributed by atoms with Crippen molar-refractivity contribution in [3.8, 4) is 67.4 Å². The second-order valence-electron chi connectivity index (χ2n) is 39.0. The molecule has 0 spiro atoms. The molecule has 0 aliphatic carbocycles. The van der Waals surface area contributed by atoms with E-state index in [-0.39, 0.29) is 5.56 Å². The van der Waals surface area contributed by atoms with Crippen molar-refractivity contribution in [3.05, 3.63) is 305 Å². The van der Waals surface area contributed by atoms with Crippen molar-refractivity contribution in [1.29, 1.82) is 0 Å². The molecule has 0 bridgehead atoms. The summed E-state index contributed by atoms with van der Waals surface area (Å²) >= 11 is 0. The Balaban J connectivity index is 0.000000149. The van der Waals surface area contributed by atoms with E-state index in [4.69, 9.17) is 11.0 Å². The van der Waals surface area contributed by atoms with Crippen LogP contribution in [0.5, 0.6) is 0 Å². The van der Waals surface area contributed by atoms with Gasteiger partial charge >= 0.3 is 0 Å². The van der Waals surface area contributed by atoms with Crippen molar-refractivity contribution >= 4 is 120 Å². The molecule has 0 saturated carbocycles. The molecule has 0 amide bonds. The first kappa shape index (κ1) is 80.7. The second kappa shape index (κ2) is 36.6. The zero-order valence-corrected chi connectivity index (χ0v) is 83.9. The third-order valence-electron chi connectivity index (χ3n) is 24.8. The lowest BCUT2D eigenvalue weighted by atomic mass is 9.93. The minimum Gasteiger partial charge on any atom is -0.264 e. The Morgan fingerprint density at radius 2 is 0.724 bits per heavy atom. The Hall–Kier alpha value is -10.7. The number of aromatic nitrogens is 8. The average molecular weight is 1720 g/mol. The van der Waals surface area contributed by atoms with Crippen LogP contribution in [-0.4, -0.2) is 55.3 Å². The van der Waals surface area contributed by atoms with Crippen molar-refractivity contribution < 1.29 is 33.8 Å². The number of hydrogen-bond acceptors (Lipinski definition) is 3. The van der Waals surface area contributed by atoms with Crippen molar-refractivity contribution in [2.24, 2.45) is 35.2 Å². The number of rotatable bonds is 12. The number of fused-ring (bicyclic) bond motifs is 5. The molecular formula is C110H135N8Si5+5. The lowest BCUT2D eigenvalue weighted by Crippen LogP contribution is -2.38. The average Bonchev–Trinajstić information content (AvgIpc) is 0.753. The summed E-state index contributed by atoms with van der Waals surface area (Å²) in [6.07, 6.45) is 10.0. The molecule has 0 aliphatic rings. The molecular weight excluding hydrogens is 1570 g/mol. The van der Waals surface area contributed by atoms with Gasteiger partial charge in [-0.15, -0.1) is 0 Å². The van der Waals surface area contributed by atoms with E-state index in [0.717, 1.165) is 38.9 Å². The minimum atomic E-state index is -2.36. The molecule has 0 atom stereocenters. The Bertz CT molecular complexity index is 6960. The molecule has 8 aromatic carbocycles. The molecule has 0 saturated heterocycles. The molecule has 630 valence electrons. The highest BCUT2D eigenvalue weighted by molar-refractivity contribution is 6.90. The van der Waals surface area contributed by atoms with Crippen LogP contribution >= 0.6 is 0 Å². The van der Waals surface area contributed by atoms with Gasteiger partial charge in [0.05, 0.1) is 92.3 Å². The molecule has 0 radical (unpaired) electrons. The number of benzene rings is 8. The van der Waals surface area contributed by atoms with Gasteiger partial charge in [0.15, 0.2) is 28.9 Å². The van der Waals surface area contributed by atoms with Crippen LogP contribution < -0.4 is 48.8 Å². The van der Waals surface area contributed by atoms with Crippen molar-refractivity contribution in [2.75, 3.05) is 0 Å². The highest BCUT2D eigenvalue weighted by atomic mass is 28.3. The summed E-state index contributed by atoms with van der Waals surface area (Å²) in [5.74, 6) is 0. The molecule has 13 heteroatoms. The smallest absolute Gasteiger partial charge is 0.222 e. The van der Waals surface area contributed by atoms with Crippen LogP contribution in [0.25, 0.3) is 121 Å². The Kier molecular flexibility index (Phi) is 24.1. The van der Waals surface area contributed by atoms with Gasteiger partial charge in [0.1, 0.15) is 36.6 Å². The number of nitrogens with zero attached hydrogens (tertiary/aromatic N) is 8. The predicted molar refractivity (Wildman–Crippen MR) is 543 cm³/mol. The maximum Gasteiger partial charge on any atom is 0.222 e. The van der Waals surface area contributed by atoms with E-state index < -0.39 is 53.6 Å². The highest BCUT2D eigenvalue weighted by Crippen LogP contribution is 2.37. The fourth-order valence-corrected chi connectivity index (χ4v) is 22.4. The minimum absolute atomic E-state index is 0.107. The molecule has 16 rings (SSSR count). The van der Waals surface area contributed by atoms with Crippen molar-refractivity contribution in [1.82, 2.24) is 15.0 Å². The predicted octanol–water partition coefficient (Wildman–Crippen LogP) is 22.9. The van der Waals surface area contributed by atoms with E-state index in [0.29, 0.717) is 34.9 Å². The van der Waals surface area contributed by atoms with Gasteiger partial charge in [0, 0.05) is 113 Å². The Labute approximate surface area is 752 Å². The van der Waals surface area contributed by atoms with Crippen LogP contribution in [0.1, 0.15) is 79.6 Å². The summed E-state index contributed by atoms with van der Waals surface area (Å²) in [5, 5.41) is 19.5. The first-order valence-electron chi connectivity index (χ1n) is 47.2. The van der Waals surface area contributed by atoms with Crippen LogP contribution in [0.2, 0.25) is 98.2 Å². The van der Waals surface area contributed by atoms with Gasteiger partial charge in [-0.2, -0.15) is 18.3 Å². The molecule has 123 heavy (non-hydrogen) atoms. The maximum absolute atomic E-state index is 8.53. The summed E-state index contributed by atoms with van der Waals surface area (Å²) in [5.41, 5.74) is 24.2. The van der Waals surface area contributed by atoms with E-state index in [9.17, 15) is 0 Å². The van der Waals surface area contributed by atoms with Crippen LogP contribution in [0.3, 0.4) is 0 Å². The summed E-state index contributed by atoms with van der Waals surface area (Å²) in [6.45, 7) is 53.6. The normalized spacial score (nSPS) is 13.1. The third-order valence-corrected chi connectivity index (χ3v) is 35.0. The lowest BCUT2D eigenvalue weighted by molar-refractivity contribution is -0.665. The quantitative estimate of drug-likeness (QED) is 0.0905. The van der Waals surface area contributed by atoms with Crippen LogP contribution in [0.15, 0.2) is 243 Å². The molecule has 0 fully saturated rings. The summed E-state index contributed by atoms with van der Waals surface area (Å²) in [6, 6.07) is 67.7. The van der Waals surface area contributed by atoms with E-state index in [2.05, 4.69) is 360 Å². The van der Waals surface area contributed by atoms with Crippen molar-refractivity contribution in [2.45, 2.75) is 181 Å². The van der Waals surface area contributed by atoms with E-state index in [1.165, 1.54) is 161 Å². The second-order valence-corrected chi connectivity index (χ2v) is 64.3.